The monoisotopic (exact) mass is 465 g/mol. The summed E-state index contributed by atoms with van der Waals surface area (Å²) in [5, 5.41) is 6.64. The van der Waals surface area contributed by atoms with E-state index < -0.39 is 0 Å². The number of aliphatic imine (C=N–C) groups is 1. The second kappa shape index (κ2) is 12.8. The average Bonchev–Trinajstić information content (AvgIpc) is 3.11. The number of benzene rings is 1. The van der Waals surface area contributed by atoms with Gasteiger partial charge in [0.1, 0.15) is 0 Å². The van der Waals surface area contributed by atoms with E-state index in [1.165, 1.54) is 10.5 Å². The lowest BCUT2D eigenvalue weighted by Gasteiger charge is -2.13. The van der Waals surface area contributed by atoms with E-state index in [-0.39, 0.29) is 30.1 Å². The fourth-order valence-electron chi connectivity index (χ4n) is 2.32. The van der Waals surface area contributed by atoms with Crippen LogP contribution in [0.3, 0.4) is 0 Å². The summed E-state index contributed by atoms with van der Waals surface area (Å²) in [5.74, 6) is 0.822. The predicted octanol–water partition coefficient (Wildman–Crippen LogP) is 2.89. The molecule has 1 aliphatic rings. The molecule has 0 aromatic heterocycles. The highest BCUT2D eigenvalue weighted by molar-refractivity contribution is 14.0. The number of halogens is 1. The number of ether oxygens (including phenoxy) is 2. The Labute approximate surface area is 166 Å². The molecule has 0 saturated carbocycles. The molecule has 7 heteroatoms. The van der Waals surface area contributed by atoms with Gasteiger partial charge in [-0.1, -0.05) is 12.1 Å². The van der Waals surface area contributed by atoms with Gasteiger partial charge >= 0.3 is 0 Å². The smallest absolute Gasteiger partial charge is 0.191 e. The van der Waals surface area contributed by atoms with E-state index in [1.54, 1.807) is 18.8 Å². The molecule has 1 fully saturated rings. The summed E-state index contributed by atoms with van der Waals surface area (Å²) in [6.07, 6.45) is 4.35. The molecule has 1 aromatic rings. The molecule has 0 aliphatic carbocycles. The third-order valence-corrected chi connectivity index (χ3v) is 4.44. The standard InChI is InChI=1S/C17H27N3O2S.HI/c1-18-17(19-9-3-10-22-15-8-11-21-13-15)20-12-14-4-6-16(23-2)7-5-14;/h4-7,15H,3,8-13H2,1-2H3,(H2,18,19,20);1H. The molecular formula is C17H28IN3O2S. The molecular weight excluding hydrogens is 437 g/mol. The maximum absolute atomic E-state index is 5.74. The molecule has 0 amide bonds. The fourth-order valence-corrected chi connectivity index (χ4v) is 2.73. The van der Waals surface area contributed by atoms with Crippen LogP contribution < -0.4 is 10.6 Å². The number of rotatable bonds is 8. The Balaban J connectivity index is 0.00000288. The van der Waals surface area contributed by atoms with Gasteiger partial charge in [-0.05, 0) is 36.8 Å². The summed E-state index contributed by atoms with van der Waals surface area (Å²) in [6, 6.07) is 8.57. The van der Waals surface area contributed by atoms with Gasteiger partial charge in [-0.25, -0.2) is 0 Å². The number of hydrogen-bond donors (Lipinski definition) is 2. The minimum Gasteiger partial charge on any atom is -0.379 e. The van der Waals surface area contributed by atoms with Crippen LogP contribution in [0.25, 0.3) is 0 Å². The van der Waals surface area contributed by atoms with Crippen LogP contribution in [0.15, 0.2) is 34.2 Å². The fraction of sp³-hybridized carbons (Fsp3) is 0.588. The van der Waals surface area contributed by atoms with Crippen LogP contribution >= 0.6 is 35.7 Å². The SMILES string of the molecule is CN=C(NCCCOC1CCOC1)NCc1ccc(SC)cc1.I. The summed E-state index contributed by atoms with van der Waals surface area (Å²) < 4.78 is 11.0. The first-order valence-corrected chi connectivity index (χ1v) is 9.31. The topological polar surface area (TPSA) is 54.9 Å². The van der Waals surface area contributed by atoms with Crippen LogP contribution in [0.1, 0.15) is 18.4 Å². The molecule has 1 saturated heterocycles. The van der Waals surface area contributed by atoms with E-state index in [0.29, 0.717) is 0 Å². The molecule has 0 bridgehead atoms. The Hall–Kier alpha value is -0.510. The lowest BCUT2D eigenvalue weighted by molar-refractivity contribution is 0.0420. The quantitative estimate of drug-likeness (QED) is 0.203. The van der Waals surface area contributed by atoms with Gasteiger partial charge < -0.3 is 20.1 Å². The molecule has 1 atom stereocenters. The first-order valence-electron chi connectivity index (χ1n) is 8.08. The zero-order chi connectivity index (χ0) is 16.3. The average molecular weight is 465 g/mol. The van der Waals surface area contributed by atoms with Crippen LogP contribution in [0.2, 0.25) is 0 Å². The lowest BCUT2D eigenvalue weighted by atomic mass is 10.2. The summed E-state index contributed by atoms with van der Waals surface area (Å²) in [4.78, 5) is 5.52. The van der Waals surface area contributed by atoms with Crippen molar-refractivity contribution in [1.82, 2.24) is 10.6 Å². The van der Waals surface area contributed by atoms with Gasteiger partial charge in [-0.2, -0.15) is 0 Å². The molecule has 2 rings (SSSR count). The normalized spacial score (nSPS) is 17.4. The van der Waals surface area contributed by atoms with Crippen molar-refractivity contribution in [1.29, 1.82) is 0 Å². The number of nitrogens with zero attached hydrogens (tertiary/aromatic N) is 1. The Morgan fingerprint density at radius 3 is 2.75 bits per heavy atom. The zero-order valence-corrected chi connectivity index (χ0v) is 17.6. The highest BCUT2D eigenvalue weighted by atomic mass is 127. The van der Waals surface area contributed by atoms with Crippen LogP contribution in [-0.2, 0) is 16.0 Å². The van der Waals surface area contributed by atoms with Crippen molar-refractivity contribution in [3.8, 4) is 0 Å². The van der Waals surface area contributed by atoms with Crippen LogP contribution in [-0.4, -0.2) is 51.7 Å². The second-order valence-electron chi connectivity index (χ2n) is 5.41. The Kier molecular flexibility index (Phi) is 11.5. The highest BCUT2D eigenvalue weighted by Gasteiger charge is 2.15. The molecule has 1 unspecified atom stereocenters. The predicted molar refractivity (Wildman–Crippen MR) is 112 cm³/mol. The third-order valence-electron chi connectivity index (χ3n) is 3.70. The number of guanidine groups is 1. The molecule has 5 nitrogen and oxygen atoms in total. The zero-order valence-electron chi connectivity index (χ0n) is 14.4. The van der Waals surface area contributed by atoms with Crippen molar-refractivity contribution >= 4 is 41.7 Å². The van der Waals surface area contributed by atoms with Gasteiger partial charge in [-0.3, -0.25) is 4.99 Å². The number of hydrogen-bond acceptors (Lipinski definition) is 4. The number of thioether (sulfide) groups is 1. The maximum atomic E-state index is 5.74. The lowest BCUT2D eigenvalue weighted by Crippen LogP contribution is -2.37. The highest BCUT2D eigenvalue weighted by Crippen LogP contribution is 2.14. The first kappa shape index (κ1) is 21.5. The van der Waals surface area contributed by atoms with E-state index in [4.69, 9.17) is 9.47 Å². The Bertz CT molecular complexity index is 479. The summed E-state index contributed by atoms with van der Waals surface area (Å²) in [7, 11) is 1.79. The van der Waals surface area contributed by atoms with Crippen molar-refractivity contribution in [2.24, 2.45) is 4.99 Å². The van der Waals surface area contributed by atoms with Crippen molar-refractivity contribution in [3.05, 3.63) is 29.8 Å². The molecule has 1 heterocycles. The van der Waals surface area contributed by atoms with Crippen molar-refractivity contribution < 1.29 is 9.47 Å². The van der Waals surface area contributed by atoms with E-state index >= 15 is 0 Å². The Morgan fingerprint density at radius 1 is 1.33 bits per heavy atom. The second-order valence-corrected chi connectivity index (χ2v) is 6.29. The Morgan fingerprint density at radius 2 is 2.12 bits per heavy atom. The van der Waals surface area contributed by atoms with Crippen LogP contribution in [0.4, 0.5) is 0 Å². The van der Waals surface area contributed by atoms with Crippen LogP contribution in [0, 0.1) is 0 Å². The third kappa shape index (κ3) is 8.04. The molecule has 2 N–H and O–H groups in total. The van der Waals surface area contributed by atoms with E-state index in [0.717, 1.165) is 51.7 Å². The maximum Gasteiger partial charge on any atom is 0.191 e. The minimum atomic E-state index is 0. The largest absolute Gasteiger partial charge is 0.379 e. The van der Waals surface area contributed by atoms with E-state index in [2.05, 4.69) is 46.1 Å². The van der Waals surface area contributed by atoms with Crippen molar-refractivity contribution in [3.63, 3.8) is 0 Å². The molecule has 0 spiro atoms. The van der Waals surface area contributed by atoms with Gasteiger partial charge in [0.05, 0.1) is 12.7 Å². The van der Waals surface area contributed by atoms with Gasteiger partial charge in [0, 0.05) is 38.2 Å². The van der Waals surface area contributed by atoms with Crippen molar-refractivity contribution in [2.75, 3.05) is 39.7 Å². The molecule has 24 heavy (non-hydrogen) atoms. The van der Waals surface area contributed by atoms with Gasteiger partial charge in [0.15, 0.2) is 5.96 Å². The summed E-state index contributed by atoms with van der Waals surface area (Å²) >= 11 is 1.75. The molecule has 136 valence electrons. The first-order chi connectivity index (χ1) is 11.3. The number of nitrogens with one attached hydrogen (secondary N) is 2. The summed E-state index contributed by atoms with van der Waals surface area (Å²) in [5.41, 5.74) is 1.25. The van der Waals surface area contributed by atoms with Gasteiger partial charge in [0.25, 0.3) is 0 Å². The molecule has 0 radical (unpaired) electrons. The van der Waals surface area contributed by atoms with E-state index in [9.17, 15) is 0 Å². The molecule has 1 aliphatic heterocycles. The molecule has 1 aromatic carbocycles. The van der Waals surface area contributed by atoms with Gasteiger partial charge in [-0.15, -0.1) is 35.7 Å². The van der Waals surface area contributed by atoms with Gasteiger partial charge in [0.2, 0.25) is 0 Å². The summed E-state index contributed by atoms with van der Waals surface area (Å²) in [6.45, 7) is 3.94. The van der Waals surface area contributed by atoms with E-state index in [1.807, 2.05) is 0 Å². The van der Waals surface area contributed by atoms with Crippen LogP contribution in [0.5, 0.6) is 0 Å². The van der Waals surface area contributed by atoms with Crippen molar-refractivity contribution in [2.45, 2.75) is 30.4 Å². The minimum absolute atomic E-state index is 0.